The third kappa shape index (κ3) is 3.42. The molecule has 0 aliphatic carbocycles. The van der Waals surface area contributed by atoms with Crippen molar-refractivity contribution in [1.82, 2.24) is 0 Å². The van der Waals surface area contributed by atoms with E-state index in [1.807, 2.05) is 0 Å². The zero-order valence-corrected chi connectivity index (χ0v) is 12.2. The molecule has 0 spiro atoms. The molecule has 1 fully saturated rings. The van der Waals surface area contributed by atoms with Crippen LogP contribution in [0.15, 0.2) is 18.2 Å². The Kier molecular flexibility index (Phi) is 4.18. The number of ether oxygens (including phenoxy) is 2. The molecule has 5 heteroatoms. The minimum absolute atomic E-state index is 0.134. The topological polar surface area (TPSA) is 73.6 Å². The van der Waals surface area contributed by atoms with Gasteiger partial charge < -0.3 is 20.5 Å². The van der Waals surface area contributed by atoms with Gasteiger partial charge >= 0.3 is 5.97 Å². The molecule has 20 heavy (non-hydrogen) atoms. The van der Waals surface area contributed by atoms with Crippen LogP contribution in [0.25, 0.3) is 0 Å². The highest BCUT2D eigenvalue weighted by molar-refractivity contribution is 5.92. The molecule has 1 aliphatic rings. The van der Waals surface area contributed by atoms with Crippen molar-refractivity contribution >= 4 is 17.3 Å². The van der Waals surface area contributed by atoms with Crippen molar-refractivity contribution in [2.24, 2.45) is 0 Å². The summed E-state index contributed by atoms with van der Waals surface area (Å²) in [6, 6.07) is 5.41. The number of benzene rings is 1. The third-order valence-electron chi connectivity index (χ3n) is 3.53. The second-order valence-electron chi connectivity index (χ2n) is 5.74. The average Bonchev–Trinajstić information content (AvgIpc) is 2.39. The Bertz CT molecular complexity index is 500. The summed E-state index contributed by atoms with van der Waals surface area (Å²) in [5, 5.41) is 3.41. The largest absolute Gasteiger partial charge is 0.465 e. The van der Waals surface area contributed by atoms with Crippen LogP contribution in [-0.2, 0) is 9.47 Å². The van der Waals surface area contributed by atoms with Gasteiger partial charge in [0.1, 0.15) is 0 Å². The quantitative estimate of drug-likeness (QED) is 0.656. The summed E-state index contributed by atoms with van der Waals surface area (Å²) in [4.78, 5) is 11.6. The van der Waals surface area contributed by atoms with Crippen LogP contribution in [-0.4, -0.2) is 31.3 Å². The molecule has 0 saturated carbocycles. The predicted octanol–water partition coefficient (Wildman–Crippen LogP) is 2.42. The van der Waals surface area contributed by atoms with Gasteiger partial charge in [0.2, 0.25) is 0 Å². The van der Waals surface area contributed by atoms with E-state index in [1.165, 1.54) is 7.11 Å². The lowest BCUT2D eigenvalue weighted by Crippen LogP contribution is -2.40. The molecule has 0 aromatic heterocycles. The molecule has 2 rings (SSSR count). The summed E-state index contributed by atoms with van der Waals surface area (Å²) in [5.74, 6) is -0.361. The molecular formula is C15H22N2O3. The number of carbonyl (C=O) groups is 1. The molecule has 1 aliphatic heterocycles. The Morgan fingerprint density at radius 1 is 1.50 bits per heavy atom. The van der Waals surface area contributed by atoms with Gasteiger partial charge in [-0.15, -0.1) is 0 Å². The van der Waals surface area contributed by atoms with Crippen molar-refractivity contribution in [1.29, 1.82) is 0 Å². The number of esters is 1. The number of nitrogens with two attached hydrogens (primary N) is 1. The second kappa shape index (κ2) is 5.71. The van der Waals surface area contributed by atoms with Gasteiger partial charge in [0.05, 0.1) is 29.6 Å². The Labute approximate surface area is 119 Å². The highest BCUT2D eigenvalue weighted by atomic mass is 16.5. The van der Waals surface area contributed by atoms with Crippen LogP contribution in [0, 0.1) is 0 Å². The summed E-state index contributed by atoms with van der Waals surface area (Å²) in [7, 11) is 1.37. The maximum Gasteiger partial charge on any atom is 0.337 e. The highest BCUT2D eigenvalue weighted by Crippen LogP contribution is 2.29. The SMILES string of the molecule is COC(=O)c1ccc(N)c(NC2CCOC(C)(C)C2)c1. The van der Waals surface area contributed by atoms with Crippen molar-refractivity contribution < 1.29 is 14.3 Å². The van der Waals surface area contributed by atoms with E-state index < -0.39 is 0 Å². The van der Waals surface area contributed by atoms with Gasteiger partial charge in [0.25, 0.3) is 0 Å². The smallest absolute Gasteiger partial charge is 0.337 e. The van der Waals surface area contributed by atoms with Crippen LogP contribution in [0.1, 0.15) is 37.0 Å². The number of rotatable bonds is 3. The molecule has 0 bridgehead atoms. The number of carbonyl (C=O) groups excluding carboxylic acids is 1. The van der Waals surface area contributed by atoms with Crippen molar-refractivity contribution in [3.05, 3.63) is 23.8 Å². The van der Waals surface area contributed by atoms with E-state index in [1.54, 1.807) is 18.2 Å². The van der Waals surface area contributed by atoms with E-state index in [9.17, 15) is 4.79 Å². The molecule has 1 unspecified atom stereocenters. The fourth-order valence-electron chi connectivity index (χ4n) is 2.50. The van der Waals surface area contributed by atoms with E-state index in [0.29, 0.717) is 11.3 Å². The molecule has 0 amide bonds. The van der Waals surface area contributed by atoms with Gasteiger partial charge in [0, 0.05) is 12.6 Å². The van der Waals surface area contributed by atoms with Crippen molar-refractivity contribution in [2.45, 2.75) is 38.3 Å². The monoisotopic (exact) mass is 278 g/mol. The van der Waals surface area contributed by atoms with E-state index in [0.717, 1.165) is 25.1 Å². The summed E-state index contributed by atoms with van der Waals surface area (Å²) in [6.07, 6.45) is 1.82. The summed E-state index contributed by atoms with van der Waals surface area (Å²) in [5.41, 5.74) is 7.73. The fourth-order valence-corrected chi connectivity index (χ4v) is 2.50. The molecule has 5 nitrogen and oxygen atoms in total. The van der Waals surface area contributed by atoms with Crippen molar-refractivity contribution in [2.75, 3.05) is 24.8 Å². The summed E-state index contributed by atoms with van der Waals surface area (Å²) in [6.45, 7) is 4.88. The Morgan fingerprint density at radius 3 is 2.90 bits per heavy atom. The molecule has 3 N–H and O–H groups in total. The van der Waals surface area contributed by atoms with Crippen LogP contribution >= 0.6 is 0 Å². The van der Waals surface area contributed by atoms with Gasteiger partial charge in [-0.2, -0.15) is 0 Å². The minimum Gasteiger partial charge on any atom is -0.465 e. The van der Waals surface area contributed by atoms with E-state index >= 15 is 0 Å². The Hall–Kier alpha value is -1.75. The first-order valence-electron chi connectivity index (χ1n) is 6.79. The minimum atomic E-state index is -0.361. The zero-order chi connectivity index (χ0) is 14.8. The first kappa shape index (κ1) is 14.7. The molecule has 1 aromatic rings. The predicted molar refractivity (Wildman–Crippen MR) is 78.9 cm³/mol. The molecule has 1 heterocycles. The van der Waals surface area contributed by atoms with Gasteiger partial charge in [0.15, 0.2) is 0 Å². The molecular weight excluding hydrogens is 256 g/mol. The molecule has 1 saturated heterocycles. The molecule has 110 valence electrons. The Balaban J connectivity index is 2.14. The zero-order valence-electron chi connectivity index (χ0n) is 12.2. The Morgan fingerprint density at radius 2 is 2.25 bits per heavy atom. The van der Waals surface area contributed by atoms with Crippen molar-refractivity contribution in [3.8, 4) is 0 Å². The average molecular weight is 278 g/mol. The van der Waals surface area contributed by atoms with E-state index in [4.69, 9.17) is 15.2 Å². The van der Waals surface area contributed by atoms with Gasteiger partial charge in [-0.1, -0.05) is 0 Å². The van der Waals surface area contributed by atoms with Crippen LogP contribution in [0.4, 0.5) is 11.4 Å². The van der Waals surface area contributed by atoms with Crippen LogP contribution in [0.5, 0.6) is 0 Å². The maximum absolute atomic E-state index is 11.6. The normalized spacial score (nSPS) is 21.2. The number of hydrogen-bond acceptors (Lipinski definition) is 5. The lowest BCUT2D eigenvalue weighted by atomic mass is 9.93. The van der Waals surface area contributed by atoms with Gasteiger partial charge in [-0.3, -0.25) is 0 Å². The van der Waals surface area contributed by atoms with Crippen LogP contribution in [0.2, 0.25) is 0 Å². The van der Waals surface area contributed by atoms with Gasteiger partial charge in [-0.05, 0) is 44.9 Å². The summed E-state index contributed by atoms with van der Waals surface area (Å²) >= 11 is 0. The summed E-state index contributed by atoms with van der Waals surface area (Å²) < 4.78 is 10.4. The molecule has 0 radical (unpaired) electrons. The molecule has 1 atom stereocenters. The van der Waals surface area contributed by atoms with Gasteiger partial charge in [-0.25, -0.2) is 4.79 Å². The second-order valence-corrected chi connectivity index (χ2v) is 5.74. The number of anilines is 2. The number of hydrogen-bond donors (Lipinski definition) is 2. The van der Waals surface area contributed by atoms with Crippen LogP contribution < -0.4 is 11.1 Å². The standard InChI is InChI=1S/C15H22N2O3/c1-15(2)9-11(6-7-20-15)17-13-8-10(14(18)19-3)4-5-12(13)16/h4-5,8,11,17H,6-7,9,16H2,1-3H3. The number of nitrogens with one attached hydrogen (secondary N) is 1. The fraction of sp³-hybridized carbons (Fsp3) is 0.533. The van der Waals surface area contributed by atoms with Crippen molar-refractivity contribution in [3.63, 3.8) is 0 Å². The molecule has 1 aromatic carbocycles. The maximum atomic E-state index is 11.6. The third-order valence-corrected chi connectivity index (χ3v) is 3.53. The first-order valence-corrected chi connectivity index (χ1v) is 6.79. The van der Waals surface area contributed by atoms with Crippen LogP contribution in [0.3, 0.4) is 0 Å². The first-order chi connectivity index (χ1) is 9.41. The highest BCUT2D eigenvalue weighted by Gasteiger charge is 2.29. The van der Waals surface area contributed by atoms with E-state index in [2.05, 4.69) is 19.2 Å². The number of nitrogen functional groups attached to an aromatic ring is 1. The lowest BCUT2D eigenvalue weighted by molar-refractivity contribution is -0.0553. The van der Waals surface area contributed by atoms with E-state index in [-0.39, 0.29) is 17.6 Å². The lowest BCUT2D eigenvalue weighted by Gasteiger charge is -2.36. The number of methoxy groups -OCH3 is 1.